The van der Waals surface area contributed by atoms with E-state index in [1.165, 1.54) is 6.07 Å². The lowest BCUT2D eigenvalue weighted by molar-refractivity contribution is 0.0995. The smallest absolute Gasteiger partial charge is 0.267 e. The van der Waals surface area contributed by atoms with E-state index in [4.69, 9.17) is 11.5 Å². The number of carbonyl (C=O) groups is 1. The number of nitrogens with one attached hydrogen (secondary N) is 1. The number of rotatable bonds is 6. The number of hydrogen-bond donors (Lipinski definition) is 3. The fourth-order valence-corrected chi connectivity index (χ4v) is 2.10. The SMILES string of the molecule is CCC(CSC)Nc1nc(C(N)=O)ccc1N. The van der Waals surface area contributed by atoms with Gasteiger partial charge in [0.05, 0.1) is 5.69 Å². The number of nitrogens with two attached hydrogens (primary N) is 2. The van der Waals surface area contributed by atoms with Crippen LogP contribution in [0.4, 0.5) is 11.5 Å². The molecule has 5 N–H and O–H groups in total. The summed E-state index contributed by atoms with van der Waals surface area (Å²) in [7, 11) is 0. The third kappa shape index (κ3) is 3.81. The van der Waals surface area contributed by atoms with Crippen LogP contribution in [0.1, 0.15) is 23.8 Å². The standard InChI is InChI=1S/C11H18N4OS/c1-3-7(6-17-2)14-11-8(12)4-5-9(15-11)10(13)16/h4-5,7H,3,6,12H2,1-2H3,(H2,13,16)(H,14,15). The molecule has 0 saturated heterocycles. The Balaban J connectivity index is 2.88. The molecule has 1 rings (SSSR count). The van der Waals surface area contributed by atoms with Crippen LogP contribution in [-0.4, -0.2) is 28.9 Å². The molecule has 17 heavy (non-hydrogen) atoms. The summed E-state index contributed by atoms with van der Waals surface area (Å²) in [5.74, 6) is 0.937. The Hall–Kier alpha value is -1.43. The molecular weight excluding hydrogens is 236 g/mol. The van der Waals surface area contributed by atoms with Gasteiger partial charge >= 0.3 is 0 Å². The lowest BCUT2D eigenvalue weighted by atomic mass is 10.2. The minimum atomic E-state index is -0.550. The molecule has 1 amide bonds. The molecule has 0 aliphatic carbocycles. The van der Waals surface area contributed by atoms with Crippen molar-refractivity contribution in [2.45, 2.75) is 19.4 Å². The van der Waals surface area contributed by atoms with Crippen LogP contribution in [0, 0.1) is 0 Å². The lowest BCUT2D eigenvalue weighted by Crippen LogP contribution is -2.23. The number of amides is 1. The summed E-state index contributed by atoms with van der Waals surface area (Å²) >= 11 is 1.75. The van der Waals surface area contributed by atoms with Crippen molar-refractivity contribution >= 4 is 29.2 Å². The summed E-state index contributed by atoms with van der Waals surface area (Å²) in [5, 5.41) is 3.23. The van der Waals surface area contributed by atoms with Gasteiger partial charge in [0.1, 0.15) is 11.5 Å². The van der Waals surface area contributed by atoms with E-state index in [1.54, 1.807) is 17.8 Å². The van der Waals surface area contributed by atoms with Crippen LogP contribution in [0.15, 0.2) is 12.1 Å². The van der Waals surface area contributed by atoms with Crippen molar-refractivity contribution in [3.8, 4) is 0 Å². The molecule has 1 unspecified atom stereocenters. The van der Waals surface area contributed by atoms with Gasteiger partial charge in [0.15, 0.2) is 0 Å². The van der Waals surface area contributed by atoms with Gasteiger partial charge in [-0.3, -0.25) is 4.79 Å². The fraction of sp³-hybridized carbons (Fsp3) is 0.455. The third-order valence-electron chi connectivity index (χ3n) is 2.38. The van der Waals surface area contributed by atoms with Gasteiger partial charge in [-0.15, -0.1) is 0 Å². The number of primary amides is 1. The highest BCUT2D eigenvalue weighted by Crippen LogP contribution is 2.18. The Labute approximate surface area is 105 Å². The largest absolute Gasteiger partial charge is 0.396 e. The highest BCUT2D eigenvalue weighted by molar-refractivity contribution is 7.98. The van der Waals surface area contributed by atoms with Gasteiger partial charge in [-0.05, 0) is 24.8 Å². The maximum Gasteiger partial charge on any atom is 0.267 e. The van der Waals surface area contributed by atoms with Crippen LogP contribution in [0.3, 0.4) is 0 Å². The molecule has 1 aromatic heterocycles. The number of aromatic nitrogens is 1. The van der Waals surface area contributed by atoms with Crippen LogP contribution in [0.2, 0.25) is 0 Å². The molecule has 6 heteroatoms. The quantitative estimate of drug-likeness (QED) is 0.711. The second-order valence-corrected chi connectivity index (χ2v) is 4.61. The molecule has 1 aromatic rings. The molecule has 0 spiro atoms. The van der Waals surface area contributed by atoms with E-state index < -0.39 is 5.91 Å². The van der Waals surface area contributed by atoms with E-state index in [0.717, 1.165) is 12.2 Å². The van der Waals surface area contributed by atoms with Crippen LogP contribution < -0.4 is 16.8 Å². The van der Waals surface area contributed by atoms with Gasteiger partial charge in [-0.25, -0.2) is 4.98 Å². The van der Waals surface area contributed by atoms with Crippen molar-refractivity contribution in [2.75, 3.05) is 23.1 Å². The molecule has 0 saturated carbocycles. The number of carbonyl (C=O) groups excluding carboxylic acids is 1. The lowest BCUT2D eigenvalue weighted by Gasteiger charge is -2.17. The van der Waals surface area contributed by atoms with E-state index in [2.05, 4.69) is 17.2 Å². The van der Waals surface area contributed by atoms with Crippen molar-refractivity contribution < 1.29 is 4.79 Å². The van der Waals surface area contributed by atoms with E-state index in [9.17, 15) is 4.79 Å². The summed E-state index contributed by atoms with van der Waals surface area (Å²) in [6.45, 7) is 2.09. The number of anilines is 2. The molecule has 0 aromatic carbocycles. The van der Waals surface area contributed by atoms with Crippen LogP contribution >= 0.6 is 11.8 Å². The highest BCUT2D eigenvalue weighted by Gasteiger charge is 2.11. The zero-order valence-electron chi connectivity index (χ0n) is 10.1. The second kappa shape index (κ2) is 6.34. The Morgan fingerprint density at radius 2 is 2.29 bits per heavy atom. The Morgan fingerprint density at radius 3 is 2.82 bits per heavy atom. The van der Waals surface area contributed by atoms with Crippen molar-refractivity contribution in [2.24, 2.45) is 5.73 Å². The first-order valence-corrected chi connectivity index (χ1v) is 6.79. The van der Waals surface area contributed by atoms with E-state index >= 15 is 0 Å². The molecule has 5 nitrogen and oxygen atoms in total. The Kier molecular flexibility index (Phi) is 5.09. The molecule has 1 heterocycles. The molecule has 94 valence electrons. The summed E-state index contributed by atoms with van der Waals surface area (Å²) < 4.78 is 0. The maximum atomic E-state index is 11.0. The predicted molar refractivity (Wildman–Crippen MR) is 73.3 cm³/mol. The number of nitrogens with zero attached hydrogens (tertiary/aromatic N) is 1. The molecule has 0 bridgehead atoms. The van der Waals surface area contributed by atoms with Gasteiger partial charge in [0.2, 0.25) is 0 Å². The van der Waals surface area contributed by atoms with Gasteiger partial charge < -0.3 is 16.8 Å². The monoisotopic (exact) mass is 254 g/mol. The van der Waals surface area contributed by atoms with Crippen molar-refractivity contribution in [3.63, 3.8) is 0 Å². The van der Waals surface area contributed by atoms with Crippen LogP contribution in [0.5, 0.6) is 0 Å². The molecular formula is C11H18N4OS. The predicted octanol–water partition coefficient (Wildman–Crippen LogP) is 1.32. The van der Waals surface area contributed by atoms with Gasteiger partial charge in [-0.2, -0.15) is 11.8 Å². The highest BCUT2D eigenvalue weighted by atomic mass is 32.2. The van der Waals surface area contributed by atoms with Crippen LogP contribution in [0.25, 0.3) is 0 Å². The first-order chi connectivity index (χ1) is 8.08. The van der Waals surface area contributed by atoms with E-state index in [-0.39, 0.29) is 11.7 Å². The topological polar surface area (TPSA) is 94.0 Å². The number of nitrogen functional groups attached to an aromatic ring is 1. The van der Waals surface area contributed by atoms with Crippen molar-refractivity contribution in [1.82, 2.24) is 4.98 Å². The van der Waals surface area contributed by atoms with Gasteiger partial charge in [-0.1, -0.05) is 6.92 Å². The molecule has 0 aliphatic rings. The number of hydrogen-bond acceptors (Lipinski definition) is 5. The fourth-order valence-electron chi connectivity index (χ4n) is 1.38. The van der Waals surface area contributed by atoms with E-state index in [0.29, 0.717) is 11.5 Å². The zero-order valence-corrected chi connectivity index (χ0v) is 10.9. The van der Waals surface area contributed by atoms with E-state index in [1.807, 2.05) is 6.26 Å². The normalized spacial score (nSPS) is 12.1. The molecule has 0 fully saturated rings. The first kappa shape index (κ1) is 13.6. The van der Waals surface area contributed by atoms with Crippen LogP contribution in [-0.2, 0) is 0 Å². The van der Waals surface area contributed by atoms with Crippen molar-refractivity contribution in [1.29, 1.82) is 0 Å². The average molecular weight is 254 g/mol. The summed E-state index contributed by atoms with van der Waals surface area (Å²) in [5.41, 5.74) is 11.7. The average Bonchev–Trinajstić information content (AvgIpc) is 2.30. The summed E-state index contributed by atoms with van der Waals surface area (Å²) in [6, 6.07) is 3.45. The zero-order chi connectivity index (χ0) is 12.8. The van der Waals surface area contributed by atoms with Gasteiger partial charge in [0.25, 0.3) is 5.91 Å². The van der Waals surface area contributed by atoms with Crippen molar-refractivity contribution in [3.05, 3.63) is 17.8 Å². The summed E-state index contributed by atoms with van der Waals surface area (Å²) in [4.78, 5) is 15.2. The number of pyridine rings is 1. The minimum Gasteiger partial charge on any atom is -0.396 e. The van der Waals surface area contributed by atoms with Gasteiger partial charge in [0, 0.05) is 11.8 Å². The molecule has 0 aliphatic heterocycles. The second-order valence-electron chi connectivity index (χ2n) is 3.70. The Morgan fingerprint density at radius 1 is 1.59 bits per heavy atom. The third-order valence-corrected chi connectivity index (χ3v) is 3.12. The molecule has 0 radical (unpaired) electrons. The first-order valence-electron chi connectivity index (χ1n) is 5.40. The minimum absolute atomic E-state index is 0.223. The summed E-state index contributed by atoms with van der Waals surface area (Å²) in [6.07, 6.45) is 3.00. The maximum absolute atomic E-state index is 11.0. The molecule has 1 atom stereocenters. The number of thioether (sulfide) groups is 1. The Bertz CT molecular complexity index is 397.